The molecule has 3 nitrogen and oxygen atoms in total. The van der Waals surface area contributed by atoms with Crippen LogP contribution in [0.25, 0.3) is 0 Å². The summed E-state index contributed by atoms with van der Waals surface area (Å²) >= 11 is 6.10. The zero-order valence-corrected chi connectivity index (χ0v) is 10.9. The van der Waals surface area contributed by atoms with Gasteiger partial charge in [0.2, 0.25) is 0 Å². The molecule has 0 amide bonds. The molecule has 0 heterocycles. The lowest BCUT2D eigenvalue weighted by atomic mass is 10.1. The molecular weight excluding hydrogens is 238 g/mol. The summed E-state index contributed by atoms with van der Waals surface area (Å²) in [5, 5.41) is 12.7. The Morgan fingerprint density at radius 3 is 2.65 bits per heavy atom. The minimum Gasteiger partial charge on any atom is -0.481 e. The second-order valence-corrected chi connectivity index (χ2v) is 4.65. The Hall–Kier alpha value is -1.06. The van der Waals surface area contributed by atoms with Crippen LogP contribution in [0.15, 0.2) is 24.3 Å². The van der Waals surface area contributed by atoms with E-state index in [1.807, 2.05) is 38.1 Å². The number of nitrogens with one attached hydrogen (secondary N) is 1. The molecule has 0 spiro atoms. The topological polar surface area (TPSA) is 49.3 Å². The number of carboxylic acids is 1. The van der Waals surface area contributed by atoms with Gasteiger partial charge in [0.15, 0.2) is 0 Å². The van der Waals surface area contributed by atoms with Crippen molar-refractivity contribution in [3.05, 3.63) is 34.9 Å². The van der Waals surface area contributed by atoms with Gasteiger partial charge in [-0.25, -0.2) is 0 Å². The number of benzene rings is 1. The normalized spacial score (nSPS) is 14.3. The van der Waals surface area contributed by atoms with E-state index in [9.17, 15) is 4.79 Å². The van der Waals surface area contributed by atoms with Crippen LogP contribution in [0.1, 0.15) is 38.3 Å². The molecule has 0 aliphatic rings. The Labute approximate surface area is 107 Å². The molecule has 17 heavy (non-hydrogen) atoms. The van der Waals surface area contributed by atoms with Crippen LogP contribution >= 0.6 is 11.6 Å². The lowest BCUT2D eigenvalue weighted by Gasteiger charge is -2.20. The third-order valence-electron chi connectivity index (χ3n) is 2.70. The highest BCUT2D eigenvalue weighted by molar-refractivity contribution is 6.31. The Morgan fingerprint density at radius 2 is 2.06 bits per heavy atom. The van der Waals surface area contributed by atoms with Crippen molar-refractivity contribution in [3.63, 3.8) is 0 Å². The van der Waals surface area contributed by atoms with Gasteiger partial charge >= 0.3 is 5.97 Å². The van der Waals surface area contributed by atoms with Gasteiger partial charge in [-0.3, -0.25) is 4.79 Å². The molecular formula is C13H18ClNO2. The van der Waals surface area contributed by atoms with Crippen LogP contribution in [-0.2, 0) is 4.79 Å². The van der Waals surface area contributed by atoms with Crippen molar-refractivity contribution in [2.75, 3.05) is 0 Å². The van der Waals surface area contributed by atoms with Gasteiger partial charge in [0, 0.05) is 23.5 Å². The average molecular weight is 256 g/mol. The molecule has 1 rings (SSSR count). The summed E-state index contributed by atoms with van der Waals surface area (Å²) < 4.78 is 0. The van der Waals surface area contributed by atoms with Gasteiger partial charge < -0.3 is 10.4 Å². The Morgan fingerprint density at radius 1 is 1.41 bits per heavy atom. The van der Waals surface area contributed by atoms with Crippen molar-refractivity contribution in [3.8, 4) is 0 Å². The molecule has 94 valence electrons. The second-order valence-electron chi connectivity index (χ2n) is 4.24. The second kappa shape index (κ2) is 6.62. The van der Waals surface area contributed by atoms with Gasteiger partial charge in [-0.15, -0.1) is 0 Å². The SMILES string of the molecule is CC(CCC(=O)O)N[C@H](C)c1ccccc1Cl. The molecule has 0 aliphatic heterocycles. The van der Waals surface area contributed by atoms with Crippen LogP contribution in [0, 0.1) is 0 Å². The number of aliphatic carboxylic acids is 1. The molecule has 0 fully saturated rings. The summed E-state index contributed by atoms with van der Waals surface area (Å²) in [4.78, 5) is 10.5. The van der Waals surface area contributed by atoms with E-state index >= 15 is 0 Å². The van der Waals surface area contributed by atoms with Crippen molar-refractivity contribution in [1.82, 2.24) is 5.32 Å². The lowest BCUT2D eigenvalue weighted by molar-refractivity contribution is -0.137. The van der Waals surface area contributed by atoms with E-state index < -0.39 is 5.97 Å². The lowest BCUT2D eigenvalue weighted by Crippen LogP contribution is -2.29. The molecule has 0 saturated heterocycles. The quantitative estimate of drug-likeness (QED) is 0.820. The van der Waals surface area contributed by atoms with E-state index in [1.54, 1.807) is 0 Å². The summed E-state index contributed by atoms with van der Waals surface area (Å²) in [6.45, 7) is 4.01. The highest BCUT2D eigenvalue weighted by atomic mass is 35.5. The molecule has 1 aromatic carbocycles. The standard InChI is InChI=1S/C13H18ClNO2/c1-9(7-8-13(16)17)15-10(2)11-5-3-4-6-12(11)14/h3-6,9-10,15H,7-8H2,1-2H3,(H,16,17)/t9?,10-/m1/s1. The largest absolute Gasteiger partial charge is 0.481 e. The van der Waals surface area contributed by atoms with E-state index in [-0.39, 0.29) is 18.5 Å². The van der Waals surface area contributed by atoms with Crippen LogP contribution in [0.2, 0.25) is 5.02 Å². The summed E-state index contributed by atoms with van der Waals surface area (Å²) in [6.07, 6.45) is 0.799. The van der Waals surface area contributed by atoms with Crippen molar-refractivity contribution in [2.45, 2.75) is 38.8 Å². The molecule has 0 aromatic heterocycles. The highest BCUT2D eigenvalue weighted by Crippen LogP contribution is 2.22. The zero-order valence-electron chi connectivity index (χ0n) is 10.1. The highest BCUT2D eigenvalue weighted by Gasteiger charge is 2.12. The summed E-state index contributed by atoms with van der Waals surface area (Å²) in [5.41, 5.74) is 1.04. The van der Waals surface area contributed by atoms with Gasteiger partial charge in [-0.2, -0.15) is 0 Å². The van der Waals surface area contributed by atoms with Crippen molar-refractivity contribution in [1.29, 1.82) is 0 Å². The summed E-state index contributed by atoms with van der Waals surface area (Å²) in [7, 11) is 0. The smallest absolute Gasteiger partial charge is 0.303 e. The zero-order chi connectivity index (χ0) is 12.8. The molecule has 0 bridgehead atoms. The van der Waals surface area contributed by atoms with Crippen molar-refractivity contribution >= 4 is 17.6 Å². The fraction of sp³-hybridized carbons (Fsp3) is 0.462. The van der Waals surface area contributed by atoms with Gasteiger partial charge in [-0.1, -0.05) is 29.8 Å². The monoisotopic (exact) mass is 255 g/mol. The summed E-state index contributed by atoms with van der Waals surface area (Å²) in [6, 6.07) is 7.94. The van der Waals surface area contributed by atoms with Gasteiger partial charge in [-0.05, 0) is 31.9 Å². The van der Waals surface area contributed by atoms with Crippen molar-refractivity contribution < 1.29 is 9.90 Å². The minimum absolute atomic E-state index is 0.118. The molecule has 0 aliphatic carbocycles. The number of hydrogen-bond donors (Lipinski definition) is 2. The first-order valence-electron chi connectivity index (χ1n) is 5.73. The van der Waals surface area contributed by atoms with E-state index in [0.29, 0.717) is 6.42 Å². The van der Waals surface area contributed by atoms with Crippen molar-refractivity contribution in [2.24, 2.45) is 0 Å². The molecule has 2 atom stereocenters. The predicted molar refractivity (Wildman–Crippen MR) is 69.3 cm³/mol. The maximum Gasteiger partial charge on any atom is 0.303 e. The predicted octanol–water partition coefficient (Wildman–Crippen LogP) is 3.24. The average Bonchev–Trinajstić information content (AvgIpc) is 2.26. The Bertz CT molecular complexity index is 381. The first-order valence-corrected chi connectivity index (χ1v) is 6.10. The van der Waals surface area contributed by atoms with Crippen LogP contribution in [0.3, 0.4) is 0 Å². The van der Waals surface area contributed by atoms with Crippen LogP contribution in [0.5, 0.6) is 0 Å². The van der Waals surface area contributed by atoms with E-state index in [1.165, 1.54) is 0 Å². The Kier molecular flexibility index (Phi) is 5.45. The Balaban J connectivity index is 2.51. The molecule has 2 N–H and O–H groups in total. The first-order chi connectivity index (χ1) is 8.00. The number of carboxylic acid groups (broad SMARTS) is 1. The maximum atomic E-state index is 10.5. The fourth-order valence-electron chi connectivity index (χ4n) is 1.77. The number of carbonyl (C=O) groups is 1. The number of rotatable bonds is 6. The minimum atomic E-state index is -0.760. The van der Waals surface area contributed by atoms with Gasteiger partial charge in [0.1, 0.15) is 0 Å². The fourth-order valence-corrected chi connectivity index (χ4v) is 2.07. The molecule has 4 heteroatoms. The third kappa shape index (κ3) is 4.75. The van der Waals surface area contributed by atoms with Gasteiger partial charge in [0.05, 0.1) is 0 Å². The summed E-state index contributed by atoms with van der Waals surface area (Å²) in [5.74, 6) is -0.760. The van der Waals surface area contributed by atoms with Crippen LogP contribution in [-0.4, -0.2) is 17.1 Å². The van der Waals surface area contributed by atoms with E-state index in [0.717, 1.165) is 10.6 Å². The van der Waals surface area contributed by atoms with Gasteiger partial charge in [0.25, 0.3) is 0 Å². The number of hydrogen-bond acceptors (Lipinski definition) is 2. The van der Waals surface area contributed by atoms with Crippen LogP contribution in [0.4, 0.5) is 0 Å². The molecule has 0 saturated carbocycles. The first kappa shape index (κ1) is 14.0. The maximum absolute atomic E-state index is 10.5. The van der Waals surface area contributed by atoms with Crippen LogP contribution < -0.4 is 5.32 Å². The molecule has 1 aromatic rings. The number of halogens is 1. The van der Waals surface area contributed by atoms with E-state index in [4.69, 9.17) is 16.7 Å². The third-order valence-corrected chi connectivity index (χ3v) is 3.04. The molecule has 0 radical (unpaired) electrons. The molecule has 1 unspecified atom stereocenters. The van der Waals surface area contributed by atoms with E-state index in [2.05, 4.69) is 5.32 Å².